The van der Waals surface area contributed by atoms with E-state index in [2.05, 4.69) is 5.32 Å². The third-order valence-electron chi connectivity index (χ3n) is 2.58. The molecule has 0 bridgehead atoms. The second-order valence-corrected chi connectivity index (χ2v) is 3.90. The lowest BCUT2D eigenvalue weighted by molar-refractivity contribution is -0.384. The Labute approximate surface area is 111 Å². The summed E-state index contributed by atoms with van der Waals surface area (Å²) in [4.78, 5) is 20.9. The number of rotatable bonds is 5. The Hall–Kier alpha value is -2.90. The molecular weight excluding hydrogens is 271 g/mol. The Bertz CT molecular complexity index is 654. The SMILES string of the molecule is O=C(O)c1cc([N+](=O)[O-])c(NCc2ccoc2)cc1F. The summed E-state index contributed by atoms with van der Waals surface area (Å²) in [6, 6.07) is 3.12. The lowest BCUT2D eigenvalue weighted by Crippen LogP contribution is -2.07. The van der Waals surface area contributed by atoms with E-state index in [1.54, 1.807) is 6.07 Å². The number of halogens is 1. The van der Waals surface area contributed by atoms with Gasteiger partial charge in [0.2, 0.25) is 0 Å². The predicted molar refractivity (Wildman–Crippen MR) is 66.0 cm³/mol. The van der Waals surface area contributed by atoms with Crippen molar-refractivity contribution in [3.63, 3.8) is 0 Å². The maximum atomic E-state index is 13.5. The van der Waals surface area contributed by atoms with Crippen molar-refractivity contribution in [1.29, 1.82) is 0 Å². The lowest BCUT2D eigenvalue weighted by atomic mass is 10.1. The minimum absolute atomic E-state index is 0.0984. The van der Waals surface area contributed by atoms with E-state index in [1.807, 2.05) is 0 Å². The van der Waals surface area contributed by atoms with E-state index in [-0.39, 0.29) is 12.2 Å². The molecule has 0 unspecified atom stereocenters. The summed E-state index contributed by atoms with van der Waals surface area (Å²) < 4.78 is 18.4. The van der Waals surface area contributed by atoms with Gasteiger partial charge >= 0.3 is 5.97 Å². The highest BCUT2D eigenvalue weighted by atomic mass is 19.1. The van der Waals surface area contributed by atoms with Crippen molar-refractivity contribution < 1.29 is 23.6 Å². The summed E-state index contributed by atoms with van der Waals surface area (Å²) in [5.74, 6) is -2.61. The molecule has 0 amide bonds. The molecule has 2 aromatic rings. The van der Waals surface area contributed by atoms with E-state index in [9.17, 15) is 19.3 Å². The highest BCUT2D eigenvalue weighted by Crippen LogP contribution is 2.28. The molecule has 0 saturated heterocycles. The second kappa shape index (κ2) is 5.39. The first-order valence-electron chi connectivity index (χ1n) is 5.45. The number of carboxylic acid groups (broad SMARTS) is 1. The van der Waals surface area contributed by atoms with Gasteiger partial charge in [-0.2, -0.15) is 0 Å². The number of aromatic carboxylic acids is 1. The summed E-state index contributed by atoms with van der Waals surface area (Å²) in [7, 11) is 0. The summed E-state index contributed by atoms with van der Waals surface area (Å²) in [6.45, 7) is 0.184. The van der Waals surface area contributed by atoms with Gasteiger partial charge in [0.15, 0.2) is 0 Å². The van der Waals surface area contributed by atoms with Crippen molar-refractivity contribution in [2.24, 2.45) is 0 Å². The molecule has 2 N–H and O–H groups in total. The lowest BCUT2D eigenvalue weighted by Gasteiger charge is -2.07. The molecule has 8 heteroatoms. The van der Waals surface area contributed by atoms with E-state index in [1.165, 1.54) is 12.5 Å². The van der Waals surface area contributed by atoms with Crippen LogP contribution < -0.4 is 5.32 Å². The summed E-state index contributed by atoms with van der Waals surface area (Å²) in [5.41, 5.74) is -0.640. The van der Waals surface area contributed by atoms with E-state index >= 15 is 0 Å². The number of nitrogens with one attached hydrogen (secondary N) is 1. The van der Waals surface area contributed by atoms with Crippen LogP contribution in [0.15, 0.2) is 35.1 Å². The number of benzene rings is 1. The maximum absolute atomic E-state index is 13.5. The number of carboxylic acids is 1. The van der Waals surface area contributed by atoms with Crippen LogP contribution in [0.4, 0.5) is 15.8 Å². The number of anilines is 1. The average Bonchev–Trinajstić information content (AvgIpc) is 2.88. The monoisotopic (exact) mass is 280 g/mol. The van der Waals surface area contributed by atoms with Crippen LogP contribution in [0, 0.1) is 15.9 Å². The van der Waals surface area contributed by atoms with Crippen LogP contribution in [0.25, 0.3) is 0 Å². The minimum Gasteiger partial charge on any atom is -0.478 e. The average molecular weight is 280 g/mol. The number of nitro benzene ring substituents is 1. The normalized spacial score (nSPS) is 10.2. The fourth-order valence-corrected chi connectivity index (χ4v) is 1.61. The first kappa shape index (κ1) is 13.5. The highest BCUT2D eigenvalue weighted by Gasteiger charge is 2.21. The van der Waals surface area contributed by atoms with Crippen LogP contribution in [-0.4, -0.2) is 16.0 Å². The smallest absolute Gasteiger partial charge is 0.338 e. The Morgan fingerprint density at radius 3 is 2.80 bits per heavy atom. The van der Waals surface area contributed by atoms with E-state index in [0.717, 1.165) is 6.07 Å². The van der Waals surface area contributed by atoms with Crippen molar-refractivity contribution in [2.75, 3.05) is 5.32 Å². The third kappa shape index (κ3) is 2.74. The Kier molecular flexibility index (Phi) is 3.65. The Morgan fingerprint density at radius 2 is 2.25 bits per heavy atom. The van der Waals surface area contributed by atoms with Gasteiger partial charge in [0, 0.05) is 24.2 Å². The van der Waals surface area contributed by atoms with Crippen LogP contribution in [0.2, 0.25) is 0 Å². The molecule has 104 valence electrons. The van der Waals surface area contributed by atoms with Gasteiger partial charge in [-0.25, -0.2) is 9.18 Å². The quantitative estimate of drug-likeness (QED) is 0.644. The summed E-state index contributed by atoms with van der Waals surface area (Å²) >= 11 is 0. The molecule has 1 heterocycles. The Morgan fingerprint density at radius 1 is 1.50 bits per heavy atom. The fraction of sp³-hybridized carbons (Fsp3) is 0.0833. The summed E-state index contributed by atoms with van der Waals surface area (Å²) in [5, 5.41) is 22.3. The van der Waals surface area contributed by atoms with Gasteiger partial charge in [0.25, 0.3) is 5.69 Å². The number of carbonyl (C=O) groups is 1. The van der Waals surface area contributed by atoms with Crippen molar-refractivity contribution in [1.82, 2.24) is 0 Å². The van der Waals surface area contributed by atoms with Gasteiger partial charge in [-0.05, 0) is 6.07 Å². The van der Waals surface area contributed by atoms with Gasteiger partial charge in [0.1, 0.15) is 17.1 Å². The zero-order chi connectivity index (χ0) is 14.7. The molecule has 0 atom stereocenters. The Balaban J connectivity index is 2.33. The third-order valence-corrected chi connectivity index (χ3v) is 2.58. The fourth-order valence-electron chi connectivity index (χ4n) is 1.61. The molecule has 1 aromatic carbocycles. The molecule has 0 saturated carbocycles. The minimum atomic E-state index is -1.56. The zero-order valence-corrected chi connectivity index (χ0v) is 10.00. The molecule has 0 aliphatic rings. The van der Waals surface area contributed by atoms with Crippen LogP contribution >= 0.6 is 0 Å². The molecule has 0 spiro atoms. The van der Waals surface area contributed by atoms with Crippen LogP contribution in [0.1, 0.15) is 15.9 Å². The second-order valence-electron chi connectivity index (χ2n) is 3.90. The van der Waals surface area contributed by atoms with Crippen molar-refractivity contribution in [3.8, 4) is 0 Å². The van der Waals surface area contributed by atoms with E-state index in [4.69, 9.17) is 9.52 Å². The molecule has 20 heavy (non-hydrogen) atoms. The van der Waals surface area contributed by atoms with Gasteiger partial charge in [-0.1, -0.05) is 0 Å². The molecule has 7 nitrogen and oxygen atoms in total. The first-order chi connectivity index (χ1) is 9.49. The number of furan rings is 1. The van der Waals surface area contributed by atoms with Crippen molar-refractivity contribution >= 4 is 17.3 Å². The number of nitrogens with zero attached hydrogens (tertiary/aromatic N) is 1. The van der Waals surface area contributed by atoms with Crippen molar-refractivity contribution in [3.05, 3.63) is 57.8 Å². The number of hydrogen-bond donors (Lipinski definition) is 2. The van der Waals surface area contributed by atoms with Crippen LogP contribution in [0.5, 0.6) is 0 Å². The van der Waals surface area contributed by atoms with Gasteiger partial charge in [-0.15, -0.1) is 0 Å². The molecule has 0 aliphatic heterocycles. The van der Waals surface area contributed by atoms with Crippen LogP contribution in [-0.2, 0) is 6.54 Å². The van der Waals surface area contributed by atoms with Gasteiger partial charge in [-0.3, -0.25) is 10.1 Å². The molecule has 1 aromatic heterocycles. The molecule has 0 aliphatic carbocycles. The highest BCUT2D eigenvalue weighted by molar-refractivity contribution is 5.90. The maximum Gasteiger partial charge on any atom is 0.338 e. The van der Waals surface area contributed by atoms with E-state index in [0.29, 0.717) is 11.6 Å². The molecule has 0 radical (unpaired) electrons. The van der Waals surface area contributed by atoms with Crippen molar-refractivity contribution in [2.45, 2.75) is 6.54 Å². The zero-order valence-electron chi connectivity index (χ0n) is 10.00. The number of hydrogen-bond acceptors (Lipinski definition) is 5. The topological polar surface area (TPSA) is 106 Å². The van der Waals surface area contributed by atoms with Gasteiger partial charge in [0.05, 0.1) is 17.4 Å². The molecule has 2 rings (SSSR count). The standard InChI is InChI=1S/C12H9FN2O5/c13-9-4-10(14-5-7-1-2-20-6-7)11(15(18)19)3-8(9)12(16)17/h1-4,6,14H,5H2,(H,16,17). The van der Waals surface area contributed by atoms with Crippen LogP contribution in [0.3, 0.4) is 0 Å². The number of nitro groups is 1. The molecular formula is C12H9FN2O5. The molecule has 0 fully saturated rings. The largest absolute Gasteiger partial charge is 0.478 e. The first-order valence-corrected chi connectivity index (χ1v) is 5.45. The van der Waals surface area contributed by atoms with Gasteiger partial charge < -0.3 is 14.8 Å². The summed E-state index contributed by atoms with van der Waals surface area (Å²) in [6.07, 6.45) is 2.86. The van der Waals surface area contributed by atoms with E-state index < -0.39 is 28.0 Å². The predicted octanol–water partition coefficient (Wildman–Crippen LogP) is 2.64.